The Kier molecular flexibility index (Phi) is 4.43. The minimum Gasteiger partial charge on any atom is -0.381 e. The molecule has 0 bridgehead atoms. The Morgan fingerprint density at radius 2 is 2.17 bits per heavy atom. The molecule has 0 radical (unpaired) electrons. The van der Waals surface area contributed by atoms with Gasteiger partial charge in [-0.25, -0.2) is 0 Å². The summed E-state index contributed by atoms with van der Waals surface area (Å²) in [4.78, 5) is 11.1. The predicted molar refractivity (Wildman–Crippen MR) is 72.4 cm³/mol. The predicted octanol–water partition coefficient (Wildman–Crippen LogP) is 2.72. The summed E-state index contributed by atoms with van der Waals surface area (Å²) in [5.74, 6) is 0.522. The normalized spacial score (nSPS) is 16.5. The largest absolute Gasteiger partial charge is 0.381 e. The standard InChI is InChI=1S/C12H16N2O3S/c15-14(16)12-7-10(18)1-2-11(12)13-8-9-3-5-17-6-4-9/h1-2,7,9,13,18H,3-6,8H2. The molecule has 1 aliphatic heterocycles. The van der Waals surface area contributed by atoms with E-state index in [9.17, 15) is 10.1 Å². The van der Waals surface area contributed by atoms with E-state index in [1.165, 1.54) is 6.07 Å². The number of hydrogen-bond acceptors (Lipinski definition) is 5. The Balaban J connectivity index is 2.01. The molecule has 1 saturated heterocycles. The van der Waals surface area contributed by atoms with Gasteiger partial charge in [0.1, 0.15) is 5.69 Å². The van der Waals surface area contributed by atoms with E-state index in [0.29, 0.717) is 16.5 Å². The summed E-state index contributed by atoms with van der Waals surface area (Å²) >= 11 is 4.12. The van der Waals surface area contributed by atoms with E-state index in [1.807, 2.05) is 0 Å². The Morgan fingerprint density at radius 3 is 2.83 bits per heavy atom. The third-order valence-corrected chi connectivity index (χ3v) is 3.38. The monoisotopic (exact) mass is 268 g/mol. The number of anilines is 1. The molecule has 0 unspecified atom stereocenters. The van der Waals surface area contributed by atoms with Crippen LogP contribution in [0, 0.1) is 16.0 Å². The van der Waals surface area contributed by atoms with Gasteiger partial charge in [0.15, 0.2) is 0 Å². The average molecular weight is 268 g/mol. The van der Waals surface area contributed by atoms with Crippen LogP contribution in [0.3, 0.4) is 0 Å². The topological polar surface area (TPSA) is 64.4 Å². The van der Waals surface area contributed by atoms with Crippen LogP contribution in [0.2, 0.25) is 0 Å². The Bertz CT molecular complexity index is 433. The van der Waals surface area contributed by atoms with Crippen molar-refractivity contribution in [3.63, 3.8) is 0 Å². The summed E-state index contributed by atoms with van der Waals surface area (Å²) in [5, 5.41) is 14.1. The quantitative estimate of drug-likeness (QED) is 0.500. The van der Waals surface area contributed by atoms with Crippen molar-refractivity contribution in [3.8, 4) is 0 Å². The van der Waals surface area contributed by atoms with Crippen LogP contribution in [-0.2, 0) is 4.74 Å². The van der Waals surface area contributed by atoms with Crippen LogP contribution < -0.4 is 5.32 Å². The molecule has 0 aromatic heterocycles. The summed E-state index contributed by atoms with van der Waals surface area (Å²) in [6.07, 6.45) is 2.01. The first kappa shape index (κ1) is 13.2. The Hall–Kier alpha value is -1.27. The van der Waals surface area contributed by atoms with Crippen LogP contribution in [0.5, 0.6) is 0 Å². The fraction of sp³-hybridized carbons (Fsp3) is 0.500. The molecule has 1 fully saturated rings. The van der Waals surface area contributed by atoms with Gasteiger partial charge in [0.05, 0.1) is 4.92 Å². The van der Waals surface area contributed by atoms with Crippen LogP contribution in [-0.4, -0.2) is 24.7 Å². The molecule has 0 saturated carbocycles. The second-order valence-corrected chi connectivity index (χ2v) is 4.91. The number of nitro benzene ring substituents is 1. The van der Waals surface area contributed by atoms with Gasteiger partial charge >= 0.3 is 0 Å². The number of nitrogens with zero attached hydrogens (tertiary/aromatic N) is 1. The van der Waals surface area contributed by atoms with Gasteiger partial charge in [-0.05, 0) is 30.9 Å². The van der Waals surface area contributed by atoms with E-state index in [2.05, 4.69) is 17.9 Å². The van der Waals surface area contributed by atoms with Crippen molar-refractivity contribution in [1.82, 2.24) is 0 Å². The molecule has 6 heteroatoms. The van der Waals surface area contributed by atoms with Gasteiger partial charge in [-0.3, -0.25) is 10.1 Å². The molecule has 1 heterocycles. The molecular formula is C12H16N2O3S. The minimum atomic E-state index is -0.383. The highest BCUT2D eigenvalue weighted by molar-refractivity contribution is 7.80. The average Bonchev–Trinajstić information content (AvgIpc) is 2.38. The molecule has 0 aliphatic carbocycles. The zero-order valence-electron chi connectivity index (χ0n) is 9.96. The SMILES string of the molecule is O=[N+]([O-])c1cc(S)ccc1NCC1CCOCC1. The second-order valence-electron chi connectivity index (χ2n) is 4.40. The third kappa shape index (κ3) is 3.36. The first-order valence-electron chi connectivity index (χ1n) is 5.96. The highest BCUT2D eigenvalue weighted by Gasteiger charge is 2.17. The summed E-state index contributed by atoms with van der Waals surface area (Å²) in [6.45, 7) is 2.31. The molecule has 0 spiro atoms. The lowest BCUT2D eigenvalue weighted by Crippen LogP contribution is -2.22. The molecular weight excluding hydrogens is 252 g/mol. The first-order chi connectivity index (χ1) is 8.66. The maximum Gasteiger partial charge on any atom is 0.293 e. The zero-order chi connectivity index (χ0) is 13.0. The van der Waals surface area contributed by atoms with Gasteiger partial charge in [-0.1, -0.05) is 0 Å². The molecule has 18 heavy (non-hydrogen) atoms. The van der Waals surface area contributed by atoms with Crippen LogP contribution in [0.25, 0.3) is 0 Å². The van der Waals surface area contributed by atoms with Crippen LogP contribution in [0.4, 0.5) is 11.4 Å². The smallest absolute Gasteiger partial charge is 0.293 e. The van der Waals surface area contributed by atoms with Crippen LogP contribution >= 0.6 is 12.6 Å². The fourth-order valence-corrected chi connectivity index (χ4v) is 2.22. The molecule has 5 nitrogen and oxygen atoms in total. The van der Waals surface area contributed by atoms with Gasteiger partial charge in [-0.2, -0.15) is 0 Å². The van der Waals surface area contributed by atoms with Gasteiger partial charge in [-0.15, -0.1) is 12.6 Å². The lowest BCUT2D eigenvalue weighted by molar-refractivity contribution is -0.384. The van der Waals surface area contributed by atoms with E-state index < -0.39 is 0 Å². The molecule has 0 atom stereocenters. The number of hydrogen-bond donors (Lipinski definition) is 2. The fourth-order valence-electron chi connectivity index (χ4n) is 2.03. The maximum atomic E-state index is 10.9. The summed E-state index contributed by atoms with van der Waals surface area (Å²) in [5.41, 5.74) is 0.638. The van der Waals surface area contributed by atoms with Crippen molar-refractivity contribution in [3.05, 3.63) is 28.3 Å². The highest BCUT2D eigenvalue weighted by atomic mass is 32.1. The van der Waals surface area contributed by atoms with Crippen molar-refractivity contribution < 1.29 is 9.66 Å². The van der Waals surface area contributed by atoms with Crippen molar-refractivity contribution in [2.45, 2.75) is 17.7 Å². The molecule has 98 valence electrons. The molecule has 2 rings (SSSR count). The van der Waals surface area contributed by atoms with Gasteiger partial charge < -0.3 is 10.1 Å². The minimum absolute atomic E-state index is 0.0783. The Labute approximate surface area is 111 Å². The summed E-state index contributed by atoms with van der Waals surface area (Å²) < 4.78 is 5.28. The first-order valence-corrected chi connectivity index (χ1v) is 6.40. The van der Waals surface area contributed by atoms with Gasteiger partial charge in [0.25, 0.3) is 5.69 Å². The molecule has 1 aromatic carbocycles. The zero-order valence-corrected chi connectivity index (χ0v) is 10.9. The van der Waals surface area contributed by atoms with E-state index >= 15 is 0 Å². The van der Waals surface area contributed by atoms with Crippen molar-refractivity contribution in [2.75, 3.05) is 25.1 Å². The second kappa shape index (κ2) is 6.06. The highest BCUT2D eigenvalue weighted by Crippen LogP contribution is 2.27. The van der Waals surface area contributed by atoms with Crippen LogP contribution in [0.15, 0.2) is 23.1 Å². The van der Waals surface area contributed by atoms with E-state index in [0.717, 1.165) is 32.6 Å². The number of nitrogens with one attached hydrogen (secondary N) is 1. The summed E-state index contributed by atoms with van der Waals surface area (Å²) in [7, 11) is 0. The number of ether oxygens (including phenoxy) is 1. The summed E-state index contributed by atoms with van der Waals surface area (Å²) in [6, 6.07) is 4.93. The van der Waals surface area contributed by atoms with E-state index in [1.54, 1.807) is 12.1 Å². The van der Waals surface area contributed by atoms with E-state index in [-0.39, 0.29) is 10.6 Å². The Morgan fingerprint density at radius 1 is 1.44 bits per heavy atom. The molecule has 1 aromatic rings. The van der Waals surface area contributed by atoms with Gasteiger partial charge in [0, 0.05) is 30.7 Å². The number of rotatable bonds is 4. The van der Waals surface area contributed by atoms with Crippen molar-refractivity contribution in [1.29, 1.82) is 0 Å². The van der Waals surface area contributed by atoms with Crippen LogP contribution in [0.1, 0.15) is 12.8 Å². The third-order valence-electron chi connectivity index (χ3n) is 3.10. The van der Waals surface area contributed by atoms with Crippen molar-refractivity contribution in [2.24, 2.45) is 5.92 Å². The maximum absolute atomic E-state index is 10.9. The molecule has 1 aliphatic rings. The lowest BCUT2D eigenvalue weighted by atomic mass is 10.0. The molecule has 1 N–H and O–H groups in total. The number of nitro groups is 1. The molecule has 0 amide bonds. The van der Waals surface area contributed by atoms with Gasteiger partial charge in [0.2, 0.25) is 0 Å². The lowest BCUT2D eigenvalue weighted by Gasteiger charge is -2.22. The number of thiol groups is 1. The van der Waals surface area contributed by atoms with Crippen molar-refractivity contribution >= 4 is 24.0 Å². The number of benzene rings is 1. The van der Waals surface area contributed by atoms with E-state index in [4.69, 9.17) is 4.74 Å².